The average molecular weight is 572 g/mol. The molecule has 1 saturated heterocycles. The summed E-state index contributed by atoms with van der Waals surface area (Å²) >= 11 is 3.40. The van der Waals surface area contributed by atoms with Gasteiger partial charge in [0.2, 0.25) is 0 Å². The van der Waals surface area contributed by atoms with Gasteiger partial charge in [0.05, 0.1) is 36.4 Å². The van der Waals surface area contributed by atoms with Crippen molar-refractivity contribution in [3.05, 3.63) is 40.0 Å². The lowest BCUT2D eigenvalue weighted by molar-refractivity contribution is -0.137. The monoisotopic (exact) mass is 570 g/mol. The Kier molecular flexibility index (Phi) is 8.95. The van der Waals surface area contributed by atoms with E-state index in [1.54, 1.807) is 16.9 Å². The maximum atomic E-state index is 14.2. The molecule has 1 fully saturated rings. The summed E-state index contributed by atoms with van der Waals surface area (Å²) in [5.41, 5.74) is 4.61. The zero-order chi connectivity index (χ0) is 26.0. The second-order valence-corrected chi connectivity index (χ2v) is 16.5. The van der Waals surface area contributed by atoms with Crippen molar-refractivity contribution in [2.24, 2.45) is 0 Å². The van der Waals surface area contributed by atoms with Crippen molar-refractivity contribution in [1.29, 1.82) is 0 Å². The third-order valence-corrected chi connectivity index (χ3v) is 13.7. The molecule has 3 rings (SSSR count). The molecule has 2 aromatic rings. The lowest BCUT2D eigenvalue weighted by atomic mass is 10.0. The predicted molar refractivity (Wildman–Crippen MR) is 139 cm³/mol. The quantitative estimate of drug-likeness (QED) is 0.269. The predicted octanol–water partition coefficient (Wildman–Crippen LogP) is 7.32. The Hall–Kier alpha value is -1.60. The molecule has 2 heterocycles. The van der Waals surface area contributed by atoms with Gasteiger partial charge >= 0.3 is 6.18 Å². The van der Waals surface area contributed by atoms with E-state index in [0.29, 0.717) is 53.0 Å². The van der Waals surface area contributed by atoms with E-state index in [2.05, 4.69) is 74.0 Å². The van der Waals surface area contributed by atoms with Crippen molar-refractivity contribution in [3.8, 4) is 22.7 Å². The second-order valence-electron chi connectivity index (χ2n) is 10.0. The van der Waals surface area contributed by atoms with Crippen LogP contribution in [0.25, 0.3) is 11.3 Å². The zero-order valence-corrected chi connectivity index (χ0v) is 23.8. The molecule has 1 aliphatic heterocycles. The van der Waals surface area contributed by atoms with Crippen LogP contribution in [0, 0.1) is 11.5 Å². The van der Waals surface area contributed by atoms with Gasteiger partial charge in [-0.2, -0.15) is 18.3 Å². The highest BCUT2D eigenvalue weighted by Gasteiger charge is 2.42. The molecule has 0 N–H and O–H groups in total. The van der Waals surface area contributed by atoms with Crippen LogP contribution in [0.5, 0.6) is 0 Å². The minimum absolute atomic E-state index is 0.0228. The fourth-order valence-electron chi connectivity index (χ4n) is 5.20. The Bertz CT molecular complexity index is 1060. The molecular formula is C26H34BrF3N2O2Si. The minimum atomic E-state index is -4.54. The summed E-state index contributed by atoms with van der Waals surface area (Å²) in [6, 6.07) is 4.31. The van der Waals surface area contributed by atoms with E-state index < -0.39 is 19.8 Å². The van der Waals surface area contributed by atoms with Crippen molar-refractivity contribution in [3.63, 3.8) is 0 Å². The molecule has 0 spiro atoms. The first-order valence-electron chi connectivity index (χ1n) is 12.0. The Labute approximate surface area is 215 Å². The zero-order valence-electron chi connectivity index (χ0n) is 21.2. The number of halogens is 4. The molecule has 1 atom stereocenters. The molecule has 0 radical (unpaired) electrons. The van der Waals surface area contributed by atoms with Crippen LogP contribution < -0.4 is 0 Å². The van der Waals surface area contributed by atoms with Gasteiger partial charge in [0.25, 0.3) is 0 Å². The van der Waals surface area contributed by atoms with Gasteiger partial charge in [0.1, 0.15) is 19.9 Å². The first kappa shape index (κ1) is 28.0. The van der Waals surface area contributed by atoms with Gasteiger partial charge in [0.15, 0.2) is 0 Å². The smallest absolute Gasteiger partial charge is 0.376 e. The molecule has 1 aromatic heterocycles. The number of hydrogen-bond acceptors (Lipinski definition) is 3. The summed E-state index contributed by atoms with van der Waals surface area (Å²) in [6.45, 7) is 15.0. The number of benzene rings is 1. The SMILES string of the molecule is CC(C)[Si](C#Cc1ccc(-c2nn(C[C@H]3COCCO3)cc2Br)c(C(F)(F)F)c1)(C(C)C)C(C)C. The van der Waals surface area contributed by atoms with E-state index in [0.717, 1.165) is 6.07 Å². The molecule has 0 bridgehead atoms. The summed E-state index contributed by atoms with van der Waals surface area (Å²) in [4.78, 5) is 0. The Morgan fingerprint density at radius 2 is 1.77 bits per heavy atom. The lowest BCUT2D eigenvalue weighted by Crippen LogP contribution is -2.43. The topological polar surface area (TPSA) is 36.3 Å². The summed E-state index contributed by atoms with van der Waals surface area (Å²) in [6.07, 6.45) is -3.05. The molecule has 0 saturated carbocycles. The number of aromatic nitrogens is 2. The highest BCUT2D eigenvalue weighted by Crippen LogP contribution is 2.42. The van der Waals surface area contributed by atoms with Crippen LogP contribution in [0.4, 0.5) is 13.2 Å². The van der Waals surface area contributed by atoms with Gasteiger partial charge in [-0.05, 0) is 44.7 Å². The normalized spacial score (nSPS) is 17.2. The van der Waals surface area contributed by atoms with E-state index in [1.165, 1.54) is 6.07 Å². The van der Waals surface area contributed by atoms with Crippen LogP contribution in [0.2, 0.25) is 16.6 Å². The highest BCUT2D eigenvalue weighted by molar-refractivity contribution is 9.10. The highest BCUT2D eigenvalue weighted by atomic mass is 79.9. The minimum Gasteiger partial charge on any atom is -0.376 e. The lowest BCUT2D eigenvalue weighted by Gasteiger charge is -2.38. The Balaban J connectivity index is 2.01. The van der Waals surface area contributed by atoms with E-state index >= 15 is 0 Å². The van der Waals surface area contributed by atoms with Crippen LogP contribution in [0.3, 0.4) is 0 Å². The molecule has 1 aliphatic rings. The van der Waals surface area contributed by atoms with Crippen LogP contribution in [0.15, 0.2) is 28.9 Å². The van der Waals surface area contributed by atoms with Crippen LogP contribution in [-0.4, -0.2) is 43.8 Å². The van der Waals surface area contributed by atoms with Crippen molar-refractivity contribution < 1.29 is 22.6 Å². The number of rotatable bonds is 6. The van der Waals surface area contributed by atoms with Gasteiger partial charge < -0.3 is 9.47 Å². The van der Waals surface area contributed by atoms with Crippen molar-refractivity contribution >= 4 is 24.0 Å². The maximum absolute atomic E-state index is 14.2. The molecule has 0 unspecified atom stereocenters. The summed E-state index contributed by atoms with van der Waals surface area (Å²) in [5, 5.41) is 4.44. The summed E-state index contributed by atoms with van der Waals surface area (Å²) in [7, 11) is -2.07. The molecule has 0 amide bonds. The standard InChI is InChI=1S/C26H34BrF3N2O2Si/c1-17(2)35(18(3)4,19(5)6)12-9-20-7-8-22(23(13-20)26(28,29)30)25-24(27)15-32(31-25)14-21-16-33-10-11-34-21/h7-8,13,15,17-19,21H,10-11,14,16H2,1-6H3/t21-/m0/s1. The third kappa shape index (κ3) is 6.22. The third-order valence-electron chi connectivity index (χ3n) is 6.86. The molecule has 4 nitrogen and oxygen atoms in total. The second kappa shape index (κ2) is 11.2. The van der Waals surface area contributed by atoms with Crippen LogP contribution >= 0.6 is 15.9 Å². The Morgan fingerprint density at radius 3 is 2.31 bits per heavy atom. The number of hydrogen-bond donors (Lipinski definition) is 0. The van der Waals surface area contributed by atoms with Crippen molar-refractivity contribution in [2.45, 2.75) is 77.0 Å². The molecule has 35 heavy (non-hydrogen) atoms. The Morgan fingerprint density at radius 1 is 1.11 bits per heavy atom. The van der Waals surface area contributed by atoms with Crippen molar-refractivity contribution in [2.75, 3.05) is 19.8 Å². The summed E-state index contributed by atoms with van der Waals surface area (Å²) < 4.78 is 55.6. The molecule has 192 valence electrons. The maximum Gasteiger partial charge on any atom is 0.417 e. The molecule has 9 heteroatoms. The first-order chi connectivity index (χ1) is 16.4. The van der Waals surface area contributed by atoms with Crippen molar-refractivity contribution in [1.82, 2.24) is 9.78 Å². The number of nitrogens with zero attached hydrogens (tertiary/aromatic N) is 2. The fraction of sp³-hybridized carbons (Fsp3) is 0.577. The van der Waals surface area contributed by atoms with Gasteiger partial charge in [0, 0.05) is 17.3 Å². The first-order valence-corrected chi connectivity index (χ1v) is 15.1. The average Bonchev–Trinajstić information content (AvgIpc) is 3.13. The number of ether oxygens (including phenoxy) is 2. The van der Waals surface area contributed by atoms with Crippen LogP contribution in [0.1, 0.15) is 52.7 Å². The van der Waals surface area contributed by atoms with Gasteiger partial charge in [-0.15, -0.1) is 5.54 Å². The van der Waals surface area contributed by atoms with Gasteiger partial charge in [-0.3, -0.25) is 4.68 Å². The fourth-order valence-corrected chi connectivity index (χ4v) is 11.0. The van der Waals surface area contributed by atoms with E-state index in [1.807, 2.05) is 0 Å². The largest absolute Gasteiger partial charge is 0.417 e. The van der Waals surface area contributed by atoms with Gasteiger partial charge in [-0.25, -0.2) is 0 Å². The van der Waals surface area contributed by atoms with E-state index in [4.69, 9.17) is 9.47 Å². The number of alkyl halides is 3. The van der Waals surface area contributed by atoms with E-state index in [-0.39, 0.29) is 17.4 Å². The molecular weight excluding hydrogens is 537 g/mol. The van der Waals surface area contributed by atoms with Crippen LogP contribution in [-0.2, 0) is 22.2 Å². The summed E-state index contributed by atoms with van der Waals surface area (Å²) in [5.74, 6) is 3.14. The van der Waals surface area contributed by atoms with Gasteiger partial charge in [-0.1, -0.05) is 53.5 Å². The molecule has 1 aromatic carbocycles. The van der Waals surface area contributed by atoms with E-state index in [9.17, 15) is 13.2 Å². The molecule has 0 aliphatic carbocycles.